The van der Waals surface area contributed by atoms with E-state index in [1.807, 2.05) is 6.07 Å². The van der Waals surface area contributed by atoms with E-state index >= 15 is 0 Å². The second kappa shape index (κ2) is 10.8. The lowest BCUT2D eigenvalue weighted by molar-refractivity contribution is 0.0518. The Morgan fingerprint density at radius 3 is 2.41 bits per heavy atom. The highest BCUT2D eigenvalue weighted by atomic mass is 16.5. The number of aromatic amines is 1. The third kappa shape index (κ3) is 5.17. The number of benzene rings is 1. The van der Waals surface area contributed by atoms with Crippen LogP contribution in [-0.4, -0.2) is 52.3 Å². The first-order valence-electron chi connectivity index (χ1n) is 11.0. The standard InChI is InChI=1S/C26H29N3O5/c1-6-34-26(32)23-16(2)22(17(3)28-23)24(30)18(4)29(15-19-8-7-13-27-14-19)25(31)20-9-11-21(33-5)12-10-20/h7-14,18,28H,6,15H2,1-5H3. The van der Waals surface area contributed by atoms with E-state index in [2.05, 4.69) is 9.97 Å². The second-order valence-electron chi connectivity index (χ2n) is 7.91. The molecule has 0 radical (unpaired) electrons. The number of carbonyl (C=O) groups excluding carboxylic acids is 3. The van der Waals surface area contributed by atoms with Gasteiger partial charge in [0.15, 0.2) is 5.78 Å². The van der Waals surface area contributed by atoms with E-state index in [1.54, 1.807) is 77.5 Å². The molecule has 1 N–H and O–H groups in total. The molecule has 178 valence electrons. The molecule has 1 amide bonds. The van der Waals surface area contributed by atoms with Crippen molar-refractivity contribution in [3.8, 4) is 5.75 Å². The molecule has 34 heavy (non-hydrogen) atoms. The topological polar surface area (TPSA) is 102 Å². The van der Waals surface area contributed by atoms with Crippen LogP contribution in [0.5, 0.6) is 5.75 Å². The van der Waals surface area contributed by atoms with Crippen LogP contribution in [0.2, 0.25) is 0 Å². The molecule has 0 bridgehead atoms. The molecule has 0 aliphatic heterocycles. The van der Waals surface area contributed by atoms with Gasteiger partial charge >= 0.3 is 5.97 Å². The van der Waals surface area contributed by atoms with Gasteiger partial charge in [0.05, 0.1) is 19.8 Å². The molecule has 0 fully saturated rings. The number of nitrogens with zero attached hydrogens (tertiary/aromatic N) is 2. The first kappa shape index (κ1) is 24.7. The van der Waals surface area contributed by atoms with Crippen LogP contribution in [0.4, 0.5) is 0 Å². The van der Waals surface area contributed by atoms with Crippen molar-refractivity contribution in [1.29, 1.82) is 0 Å². The molecule has 0 aliphatic carbocycles. The summed E-state index contributed by atoms with van der Waals surface area (Å²) in [6, 6.07) is 9.56. The Hall–Kier alpha value is -3.94. The third-order valence-electron chi connectivity index (χ3n) is 5.68. The summed E-state index contributed by atoms with van der Waals surface area (Å²) in [5, 5.41) is 0. The summed E-state index contributed by atoms with van der Waals surface area (Å²) in [5.41, 5.74) is 2.91. The first-order chi connectivity index (χ1) is 16.3. The lowest BCUT2D eigenvalue weighted by Crippen LogP contribution is -2.43. The number of Topliss-reactive ketones (excluding diaryl/α,β-unsaturated/α-hetero) is 1. The predicted molar refractivity (Wildman–Crippen MR) is 127 cm³/mol. The summed E-state index contributed by atoms with van der Waals surface area (Å²) >= 11 is 0. The molecule has 0 aliphatic rings. The van der Waals surface area contributed by atoms with Crippen molar-refractivity contribution in [2.75, 3.05) is 13.7 Å². The van der Waals surface area contributed by atoms with Crippen LogP contribution in [0.1, 0.15) is 61.9 Å². The number of pyridine rings is 1. The van der Waals surface area contributed by atoms with Crippen LogP contribution in [-0.2, 0) is 11.3 Å². The SMILES string of the molecule is CCOC(=O)c1[nH]c(C)c(C(=O)C(C)N(Cc2cccnc2)C(=O)c2ccc(OC)cc2)c1C. The summed E-state index contributed by atoms with van der Waals surface area (Å²) < 4.78 is 10.3. The van der Waals surface area contributed by atoms with Gasteiger partial charge in [0.1, 0.15) is 11.4 Å². The second-order valence-corrected chi connectivity index (χ2v) is 7.91. The molecule has 1 unspecified atom stereocenters. The largest absolute Gasteiger partial charge is 0.497 e. The smallest absolute Gasteiger partial charge is 0.355 e. The zero-order chi connectivity index (χ0) is 24.8. The van der Waals surface area contributed by atoms with E-state index in [1.165, 1.54) is 4.90 Å². The summed E-state index contributed by atoms with van der Waals surface area (Å²) in [6.07, 6.45) is 3.31. The number of hydrogen-bond acceptors (Lipinski definition) is 6. The molecule has 3 aromatic rings. The fraction of sp³-hybridized carbons (Fsp3) is 0.308. The van der Waals surface area contributed by atoms with E-state index in [0.717, 1.165) is 5.56 Å². The van der Waals surface area contributed by atoms with Gasteiger partial charge < -0.3 is 19.4 Å². The maximum Gasteiger partial charge on any atom is 0.355 e. The van der Waals surface area contributed by atoms with E-state index < -0.39 is 12.0 Å². The molecule has 0 saturated heterocycles. The van der Waals surface area contributed by atoms with Gasteiger partial charge in [-0.25, -0.2) is 4.79 Å². The highest BCUT2D eigenvalue weighted by molar-refractivity contribution is 6.07. The lowest BCUT2D eigenvalue weighted by atomic mass is 9.99. The predicted octanol–water partition coefficient (Wildman–Crippen LogP) is 4.13. The van der Waals surface area contributed by atoms with Crippen LogP contribution >= 0.6 is 0 Å². The van der Waals surface area contributed by atoms with Gasteiger partial charge in [-0.1, -0.05) is 6.07 Å². The average Bonchev–Trinajstić information content (AvgIpc) is 3.15. The van der Waals surface area contributed by atoms with Gasteiger partial charge in [-0.05, 0) is 69.2 Å². The number of hydrogen-bond donors (Lipinski definition) is 1. The van der Waals surface area contributed by atoms with E-state index in [9.17, 15) is 14.4 Å². The minimum atomic E-state index is -0.807. The van der Waals surface area contributed by atoms with E-state index in [-0.39, 0.29) is 30.5 Å². The Morgan fingerprint density at radius 2 is 1.82 bits per heavy atom. The quantitative estimate of drug-likeness (QED) is 0.378. The third-order valence-corrected chi connectivity index (χ3v) is 5.68. The maximum absolute atomic E-state index is 13.6. The van der Waals surface area contributed by atoms with E-state index in [0.29, 0.717) is 28.1 Å². The van der Waals surface area contributed by atoms with Crippen molar-refractivity contribution in [2.24, 2.45) is 0 Å². The average molecular weight is 464 g/mol. The number of H-pyrrole nitrogens is 1. The summed E-state index contributed by atoms with van der Waals surface area (Å²) in [6.45, 7) is 7.26. The number of nitrogens with one attached hydrogen (secondary N) is 1. The van der Waals surface area contributed by atoms with Gasteiger partial charge in [-0.3, -0.25) is 14.6 Å². The van der Waals surface area contributed by atoms with Gasteiger partial charge in [0.2, 0.25) is 0 Å². The highest BCUT2D eigenvalue weighted by Gasteiger charge is 2.32. The Labute approximate surface area is 198 Å². The molecule has 1 atom stereocenters. The number of aromatic nitrogens is 2. The van der Waals surface area contributed by atoms with E-state index in [4.69, 9.17) is 9.47 Å². The zero-order valence-electron chi connectivity index (χ0n) is 20.0. The van der Waals surface area contributed by atoms with Crippen LogP contribution in [0.3, 0.4) is 0 Å². The molecule has 2 aromatic heterocycles. The number of aryl methyl sites for hydroxylation is 1. The van der Waals surface area contributed by atoms with Crippen LogP contribution < -0.4 is 4.74 Å². The number of ether oxygens (including phenoxy) is 2. The summed E-state index contributed by atoms with van der Waals surface area (Å²) in [5.74, 6) is -0.461. The van der Waals surface area contributed by atoms with Gasteiger partial charge in [0.25, 0.3) is 5.91 Å². The molecular formula is C26H29N3O5. The molecular weight excluding hydrogens is 434 g/mol. The number of carbonyl (C=O) groups is 3. The van der Waals surface area contributed by atoms with Crippen molar-refractivity contribution < 1.29 is 23.9 Å². The Balaban J connectivity index is 1.97. The fourth-order valence-electron chi connectivity index (χ4n) is 3.85. The van der Waals surface area contributed by atoms with Crippen LogP contribution in [0.25, 0.3) is 0 Å². The Bertz CT molecular complexity index is 1170. The van der Waals surface area contributed by atoms with Gasteiger partial charge in [-0.15, -0.1) is 0 Å². The highest BCUT2D eigenvalue weighted by Crippen LogP contribution is 2.24. The van der Waals surface area contributed by atoms with Crippen LogP contribution in [0, 0.1) is 13.8 Å². The van der Waals surface area contributed by atoms with Crippen molar-refractivity contribution in [2.45, 2.75) is 40.3 Å². The molecule has 8 heteroatoms. The summed E-state index contributed by atoms with van der Waals surface area (Å²) in [4.78, 5) is 48.1. The number of amides is 1. The molecule has 2 heterocycles. The first-order valence-corrected chi connectivity index (χ1v) is 11.0. The van der Waals surface area contributed by atoms with Crippen LogP contribution in [0.15, 0.2) is 48.8 Å². The zero-order valence-corrected chi connectivity index (χ0v) is 20.0. The minimum absolute atomic E-state index is 0.193. The number of methoxy groups -OCH3 is 1. The Morgan fingerprint density at radius 1 is 1.12 bits per heavy atom. The number of esters is 1. The monoisotopic (exact) mass is 463 g/mol. The Kier molecular flexibility index (Phi) is 7.83. The minimum Gasteiger partial charge on any atom is -0.497 e. The van der Waals surface area contributed by atoms with Crippen molar-refractivity contribution in [3.63, 3.8) is 0 Å². The van der Waals surface area contributed by atoms with Crippen molar-refractivity contribution >= 4 is 17.7 Å². The molecule has 0 spiro atoms. The van der Waals surface area contributed by atoms with Gasteiger partial charge in [0, 0.05) is 35.8 Å². The molecule has 0 saturated carbocycles. The molecule has 1 aromatic carbocycles. The molecule has 8 nitrogen and oxygen atoms in total. The fourth-order valence-corrected chi connectivity index (χ4v) is 3.85. The number of rotatable bonds is 9. The lowest BCUT2D eigenvalue weighted by Gasteiger charge is -2.29. The van der Waals surface area contributed by atoms with Gasteiger partial charge in [-0.2, -0.15) is 0 Å². The van der Waals surface area contributed by atoms with Crippen molar-refractivity contribution in [3.05, 3.63) is 82.4 Å². The van der Waals surface area contributed by atoms with Crippen molar-refractivity contribution in [1.82, 2.24) is 14.9 Å². The molecule has 3 rings (SSSR count). The number of ketones is 1. The summed E-state index contributed by atoms with van der Waals surface area (Å²) in [7, 11) is 1.55. The maximum atomic E-state index is 13.6. The normalized spacial score (nSPS) is 11.6.